The van der Waals surface area contributed by atoms with E-state index in [1.807, 2.05) is 36.4 Å². The number of nitrogens with zero attached hydrogens (tertiary/aromatic N) is 4. The lowest BCUT2D eigenvalue weighted by Gasteiger charge is -2.03. The van der Waals surface area contributed by atoms with Crippen molar-refractivity contribution in [1.29, 1.82) is 0 Å². The number of halogens is 1. The van der Waals surface area contributed by atoms with Crippen LogP contribution in [0.4, 0.5) is 0 Å². The van der Waals surface area contributed by atoms with E-state index in [2.05, 4.69) is 63.9 Å². The molecule has 2 heterocycles. The van der Waals surface area contributed by atoms with Gasteiger partial charge in [-0.2, -0.15) is 10.2 Å². The van der Waals surface area contributed by atoms with Crippen LogP contribution in [-0.4, -0.2) is 39.4 Å². The van der Waals surface area contributed by atoms with Crippen molar-refractivity contribution in [3.8, 4) is 11.5 Å². The number of fused-ring (bicyclic) bond motifs is 2. The van der Waals surface area contributed by atoms with Gasteiger partial charge >= 0.3 is 0 Å². The molecule has 0 fully saturated rings. The number of carbonyl (C=O) groups is 2. The minimum Gasteiger partial charge on any atom is -0.273 e. The molecule has 8 heteroatoms. The number of rotatable bonds is 0. The SMILES string of the molecule is CC(=O)n1ncc2cc(C#C[Si](C)(C)C)ccc21.CC(=O)n1ncc2cc(I)ccc21. The van der Waals surface area contributed by atoms with Crippen molar-refractivity contribution in [1.82, 2.24) is 19.6 Å². The van der Waals surface area contributed by atoms with Gasteiger partial charge < -0.3 is 0 Å². The molecule has 0 aliphatic rings. The van der Waals surface area contributed by atoms with Crippen LogP contribution in [0.5, 0.6) is 0 Å². The summed E-state index contributed by atoms with van der Waals surface area (Å²) in [7, 11) is -1.36. The van der Waals surface area contributed by atoms with Crippen LogP contribution in [0.2, 0.25) is 19.6 Å². The minimum absolute atomic E-state index is 0.0591. The van der Waals surface area contributed by atoms with Gasteiger partial charge in [0.15, 0.2) is 0 Å². The highest BCUT2D eigenvalue weighted by Crippen LogP contribution is 2.17. The van der Waals surface area contributed by atoms with Crippen LogP contribution in [0.1, 0.15) is 29.0 Å². The van der Waals surface area contributed by atoms with Crippen LogP contribution in [0, 0.1) is 15.0 Å². The second kappa shape index (κ2) is 9.16. The van der Waals surface area contributed by atoms with Crippen molar-refractivity contribution >= 4 is 64.3 Å². The van der Waals surface area contributed by atoms with E-state index in [9.17, 15) is 9.59 Å². The summed E-state index contributed by atoms with van der Waals surface area (Å²) in [5.41, 5.74) is 6.01. The molecular weight excluding hydrogens is 519 g/mol. The van der Waals surface area contributed by atoms with Crippen LogP contribution in [-0.2, 0) is 0 Å². The Morgan fingerprint density at radius 3 is 1.90 bits per heavy atom. The zero-order valence-corrected chi connectivity index (χ0v) is 21.3. The average molecular weight is 542 g/mol. The smallest absolute Gasteiger partial charge is 0.244 e. The Morgan fingerprint density at radius 1 is 0.871 bits per heavy atom. The van der Waals surface area contributed by atoms with E-state index >= 15 is 0 Å². The number of benzene rings is 2. The molecule has 158 valence electrons. The first kappa shape index (κ1) is 22.9. The molecule has 0 spiro atoms. The molecule has 0 atom stereocenters. The molecule has 2 aromatic heterocycles. The summed E-state index contributed by atoms with van der Waals surface area (Å²) < 4.78 is 3.96. The fourth-order valence-corrected chi connectivity index (χ4v) is 3.91. The van der Waals surface area contributed by atoms with Gasteiger partial charge in [-0.05, 0) is 59.0 Å². The topological polar surface area (TPSA) is 69.8 Å². The predicted octanol–water partition coefficient (Wildman–Crippen LogP) is 5.23. The zero-order chi connectivity index (χ0) is 22.8. The third kappa shape index (κ3) is 5.68. The highest BCUT2D eigenvalue weighted by Gasteiger charge is 2.09. The van der Waals surface area contributed by atoms with Crippen molar-refractivity contribution in [2.75, 3.05) is 0 Å². The first-order valence-electron chi connectivity index (χ1n) is 9.71. The molecule has 0 amide bonds. The number of aromatic nitrogens is 4. The van der Waals surface area contributed by atoms with Gasteiger partial charge in [-0.25, -0.2) is 9.36 Å². The van der Waals surface area contributed by atoms with Crippen molar-refractivity contribution < 1.29 is 9.59 Å². The molecular formula is C23H23IN4O2Si. The Hall–Kier alpha value is -2.77. The van der Waals surface area contributed by atoms with Gasteiger partial charge in [0.25, 0.3) is 0 Å². The summed E-state index contributed by atoms with van der Waals surface area (Å²) in [4.78, 5) is 22.4. The third-order valence-electron chi connectivity index (χ3n) is 4.28. The summed E-state index contributed by atoms with van der Waals surface area (Å²) in [6.45, 7) is 9.65. The second-order valence-corrected chi connectivity index (χ2v) is 14.1. The quantitative estimate of drug-likeness (QED) is 0.174. The van der Waals surface area contributed by atoms with Crippen LogP contribution in [0.25, 0.3) is 21.8 Å². The van der Waals surface area contributed by atoms with E-state index in [0.717, 1.165) is 30.9 Å². The molecule has 0 radical (unpaired) electrons. The lowest BCUT2D eigenvalue weighted by Crippen LogP contribution is -2.16. The molecule has 4 aromatic rings. The summed E-state index contributed by atoms with van der Waals surface area (Å²) in [5.74, 6) is 3.07. The van der Waals surface area contributed by atoms with E-state index in [1.165, 1.54) is 23.2 Å². The Kier molecular flexibility index (Phi) is 6.76. The Morgan fingerprint density at radius 2 is 1.39 bits per heavy atom. The van der Waals surface area contributed by atoms with E-state index in [-0.39, 0.29) is 11.8 Å². The largest absolute Gasteiger partial charge is 0.273 e. The van der Waals surface area contributed by atoms with Gasteiger partial charge in [0, 0.05) is 33.8 Å². The summed E-state index contributed by atoms with van der Waals surface area (Å²) >= 11 is 2.23. The van der Waals surface area contributed by atoms with Crippen molar-refractivity contribution in [3.05, 3.63) is 57.9 Å². The Labute approximate surface area is 195 Å². The second-order valence-electron chi connectivity index (χ2n) is 8.13. The lowest BCUT2D eigenvalue weighted by molar-refractivity contribution is 0.0918. The summed E-state index contributed by atoms with van der Waals surface area (Å²) in [5, 5.41) is 10.0. The molecule has 0 unspecified atom stereocenters. The van der Waals surface area contributed by atoms with Crippen molar-refractivity contribution in [2.45, 2.75) is 33.5 Å². The number of hydrogen-bond acceptors (Lipinski definition) is 4. The monoisotopic (exact) mass is 542 g/mol. The van der Waals surface area contributed by atoms with Crippen LogP contribution in [0.15, 0.2) is 48.8 Å². The highest BCUT2D eigenvalue weighted by molar-refractivity contribution is 14.1. The fraction of sp³-hybridized carbons (Fsp3) is 0.217. The highest BCUT2D eigenvalue weighted by atomic mass is 127. The number of hydrogen-bond donors (Lipinski definition) is 0. The van der Waals surface area contributed by atoms with E-state index < -0.39 is 8.07 Å². The van der Waals surface area contributed by atoms with Crippen LogP contribution >= 0.6 is 22.6 Å². The molecule has 2 aromatic carbocycles. The maximum atomic E-state index is 11.3. The van der Waals surface area contributed by atoms with Crippen LogP contribution < -0.4 is 0 Å². The maximum Gasteiger partial charge on any atom is 0.244 e. The van der Waals surface area contributed by atoms with Gasteiger partial charge in [0.1, 0.15) is 8.07 Å². The molecule has 4 rings (SSSR count). The summed E-state index contributed by atoms with van der Waals surface area (Å²) in [6, 6.07) is 11.7. The van der Waals surface area contributed by atoms with E-state index in [0.29, 0.717) is 0 Å². The molecule has 0 bridgehead atoms. The standard InChI is InChI=1S/C14H16N2OSi.C9H7IN2O/c1-11(17)16-14-6-5-12(7-8-18(2,3)4)9-13(14)10-15-16;1-6(13)12-9-3-2-8(10)4-7(9)5-11-12/h5-6,9-10H,1-4H3;2-5H,1H3. The maximum absolute atomic E-state index is 11.3. The lowest BCUT2D eigenvalue weighted by atomic mass is 10.2. The third-order valence-corrected chi connectivity index (χ3v) is 5.82. The van der Waals surface area contributed by atoms with Gasteiger partial charge in [-0.15, -0.1) is 5.54 Å². The summed E-state index contributed by atoms with van der Waals surface area (Å²) in [6.07, 6.45) is 3.41. The van der Waals surface area contributed by atoms with Crippen molar-refractivity contribution in [2.24, 2.45) is 0 Å². The fourth-order valence-electron chi connectivity index (χ4n) is 2.88. The van der Waals surface area contributed by atoms with Gasteiger partial charge in [-0.1, -0.05) is 25.6 Å². The van der Waals surface area contributed by atoms with E-state index in [4.69, 9.17) is 0 Å². The molecule has 0 N–H and O–H groups in total. The molecule has 0 saturated heterocycles. The van der Waals surface area contributed by atoms with Gasteiger partial charge in [0.05, 0.1) is 23.4 Å². The van der Waals surface area contributed by atoms with Crippen molar-refractivity contribution in [3.63, 3.8) is 0 Å². The molecule has 0 aliphatic heterocycles. The molecule has 6 nitrogen and oxygen atoms in total. The predicted molar refractivity (Wildman–Crippen MR) is 135 cm³/mol. The van der Waals surface area contributed by atoms with Gasteiger partial charge in [0.2, 0.25) is 11.8 Å². The first-order valence-corrected chi connectivity index (χ1v) is 14.3. The van der Waals surface area contributed by atoms with Gasteiger partial charge in [-0.3, -0.25) is 9.59 Å². The average Bonchev–Trinajstić information content (AvgIpc) is 3.29. The molecule has 0 saturated carbocycles. The molecule has 31 heavy (non-hydrogen) atoms. The molecule has 0 aliphatic carbocycles. The zero-order valence-electron chi connectivity index (χ0n) is 18.1. The first-order chi connectivity index (χ1) is 14.5. The minimum atomic E-state index is -1.36. The van der Waals surface area contributed by atoms with E-state index in [1.54, 1.807) is 12.4 Å². The normalized spacial score (nSPS) is 10.9. The number of carbonyl (C=O) groups excluding carboxylic acids is 2. The Bertz CT molecular complexity index is 1350. The Balaban J connectivity index is 0.000000185. The van der Waals surface area contributed by atoms with Crippen LogP contribution in [0.3, 0.4) is 0 Å².